The molecule has 0 unspecified atom stereocenters. The van der Waals surface area contributed by atoms with Crippen LogP contribution in [0, 0.1) is 41.5 Å². The Morgan fingerprint density at radius 1 is 0.543 bits per heavy atom. The van der Waals surface area contributed by atoms with E-state index in [1.54, 1.807) is 18.2 Å². The van der Waals surface area contributed by atoms with Gasteiger partial charge in [-0.3, -0.25) is 0 Å². The van der Waals surface area contributed by atoms with Gasteiger partial charge in [0.1, 0.15) is 11.5 Å². The largest absolute Gasteiger partial charge is 0.508 e. The number of phenolic OH excluding ortho intramolecular Hbond substituents is 3. The lowest BCUT2D eigenvalue weighted by atomic mass is 10.0. The van der Waals surface area contributed by atoms with Crippen LogP contribution in [-0.2, 0) is 0 Å². The van der Waals surface area contributed by atoms with Gasteiger partial charge in [-0.15, -0.1) is 0 Å². The SMILES string of the molecule is Cc1cc(C)c(Oc2ccccc2N(c2cc(O)c(C)cc2C)c2cc(O)c(C)cc2C)c(O)c1. The van der Waals surface area contributed by atoms with Crippen LogP contribution in [0.5, 0.6) is 28.7 Å². The highest BCUT2D eigenvalue weighted by Crippen LogP contribution is 2.47. The van der Waals surface area contributed by atoms with E-state index in [9.17, 15) is 15.3 Å². The van der Waals surface area contributed by atoms with E-state index in [0.717, 1.165) is 44.8 Å². The van der Waals surface area contributed by atoms with Crippen molar-refractivity contribution in [2.75, 3.05) is 4.90 Å². The predicted molar refractivity (Wildman–Crippen MR) is 141 cm³/mol. The minimum Gasteiger partial charge on any atom is -0.508 e. The third-order valence-electron chi connectivity index (χ3n) is 6.23. The van der Waals surface area contributed by atoms with E-state index in [1.165, 1.54) is 0 Å². The molecule has 5 nitrogen and oxygen atoms in total. The molecule has 0 aliphatic rings. The summed E-state index contributed by atoms with van der Waals surface area (Å²) >= 11 is 0. The van der Waals surface area contributed by atoms with Gasteiger partial charge in [0.15, 0.2) is 17.2 Å². The summed E-state index contributed by atoms with van der Waals surface area (Å²) in [5.74, 6) is 1.32. The van der Waals surface area contributed by atoms with E-state index in [0.29, 0.717) is 17.2 Å². The van der Waals surface area contributed by atoms with Crippen LogP contribution >= 0.6 is 0 Å². The molecule has 0 aliphatic heterocycles. The van der Waals surface area contributed by atoms with E-state index in [2.05, 4.69) is 0 Å². The van der Waals surface area contributed by atoms with Gasteiger partial charge in [0.2, 0.25) is 0 Å². The molecule has 0 aromatic heterocycles. The van der Waals surface area contributed by atoms with E-state index in [1.807, 2.05) is 88.9 Å². The van der Waals surface area contributed by atoms with Gasteiger partial charge >= 0.3 is 0 Å². The van der Waals surface area contributed by atoms with Gasteiger partial charge in [0.25, 0.3) is 0 Å². The molecular weight excluding hydrogens is 438 g/mol. The van der Waals surface area contributed by atoms with Crippen LogP contribution in [0.2, 0.25) is 0 Å². The van der Waals surface area contributed by atoms with Gasteiger partial charge in [-0.25, -0.2) is 0 Å². The number of anilines is 3. The third kappa shape index (κ3) is 4.62. The number of benzene rings is 4. The molecule has 0 saturated carbocycles. The second-order valence-electron chi connectivity index (χ2n) is 9.19. The number of hydrogen-bond acceptors (Lipinski definition) is 5. The zero-order valence-corrected chi connectivity index (χ0v) is 21.0. The number of aromatic hydroxyl groups is 3. The van der Waals surface area contributed by atoms with E-state index in [4.69, 9.17) is 4.74 Å². The van der Waals surface area contributed by atoms with E-state index < -0.39 is 0 Å². The van der Waals surface area contributed by atoms with Gasteiger partial charge in [-0.2, -0.15) is 0 Å². The fraction of sp³-hybridized carbons (Fsp3) is 0.200. The third-order valence-corrected chi connectivity index (χ3v) is 6.23. The van der Waals surface area contributed by atoms with Crippen molar-refractivity contribution in [1.82, 2.24) is 0 Å². The van der Waals surface area contributed by atoms with Crippen molar-refractivity contribution >= 4 is 17.1 Å². The molecule has 4 aromatic rings. The molecule has 0 fully saturated rings. The Labute approximate surface area is 206 Å². The first-order valence-corrected chi connectivity index (χ1v) is 11.5. The first-order valence-electron chi connectivity index (χ1n) is 11.5. The Balaban J connectivity index is 1.98. The number of rotatable bonds is 5. The Bertz CT molecular complexity index is 1340. The number of phenols is 3. The number of ether oxygens (including phenoxy) is 1. The quantitative estimate of drug-likeness (QED) is 0.277. The van der Waals surface area contributed by atoms with E-state index >= 15 is 0 Å². The summed E-state index contributed by atoms with van der Waals surface area (Å²) in [4.78, 5) is 1.97. The second-order valence-corrected chi connectivity index (χ2v) is 9.19. The molecule has 0 spiro atoms. The summed E-state index contributed by atoms with van der Waals surface area (Å²) in [7, 11) is 0. The molecule has 0 bridgehead atoms. The highest BCUT2D eigenvalue weighted by molar-refractivity contribution is 5.85. The molecule has 0 aliphatic carbocycles. The average Bonchev–Trinajstić information content (AvgIpc) is 2.78. The zero-order chi connectivity index (χ0) is 25.4. The normalized spacial score (nSPS) is 10.9. The molecule has 4 aromatic carbocycles. The fourth-order valence-corrected chi connectivity index (χ4v) is 4.43. The summed E-state index contributed by atoms with van der Waals surface area (Å²) in [6.45, 7) is 11.5. The standard InChI is InChI=1S/C30H31NO4/c1-17-11-22(6)30(28(34)12-17)35-29-10-8-7-9-23(29)31(24-15-26(32)20(4)13-18(24)2)25-16-27(33)21(5)14-19(25)3/h7-16,32-34H,1-6H3. The van der Waals surface area contributed by atoms with Crippen molar-refractivity contribution in [3.8, 4) is 28.7 Å². The van der Waals surface area contributed by atoms with Crippen LogP contribution in [0.25, 0.3) is 0 Å². The molecule has 0 saturated heterocycles. The van der Waals surface area contributed by atoms with Gasteiger partial charge in [0, 0.05) is 12.1 Å². The van der Waals surface area contributed by atoms with Crippen LogP contribution in [0.1, 0.15) is 33.4 Å². The van der Waals surface area contributed by atoms with Crippen molar-refractivity contribution in [2.24, 2.45) is 0 Å². The Hall–Kier alpha value is -4.12. The fourth-order valence-electron chi connectivity index (χ4n) is 4.43. The molecular formula is C30H31NO4. The summed E-state index contributed by atoms with van der Waals surface area (Å²) in [6.07, 6.45) is 0. The zero-order valence-electron chi connectivity index (χ0n) is 21.0. The van der Waals surface area contributed by atoms with Crippen LogP contribution in [0.15, 0.2) is 60.7 Å². The van der Waals surface area contributed by atoms with Crippen molar-refractivity contribution in [3.05, 3.63) is 94.0 Å². The summed E-state index contributed by atoms with van der Waals surface area (Å²) < 4.78 is 6.32. The Kier molecular flexibility index (Phi) is 6.35. The van der Waals surface area contributed by atoms with Crippen LogP contribution in [-0.4, -0.2) is 15.3 Å². The highest BCUT2D eigenvalue weighted by Gasteiger charge is 2.23. The molecule has 3 N–H and O–H groups in total. The number of hydrogen-bond donors (Lipinski definition) is 3. The van der Waals surface area contributed by atoms with Crippen LogP contribution in [0.4, 0.5) is 17.1 Å². The molecule has 0 heterocycles. The first kappa shape index (κ1) is 24.0. The molecule has 0 amide bonds. The molecule has 180 valence electrons. The topological polar surface area (TPSA) is 73.2 Å². The average molecular weight is 470 g/mol. The molecule has 0 radical (unpaired) electrons. The smallest absolute Gasteiger partial charge is 0.172 e. The molecule has 5 heteroatoms. The van der Waals surface area contributed by atoms with Crippen molar-refractivity contribution in [1.29, 1.82) is 0 Å². The molecule has 0 atom stereocenters. The lowest BCUT2D eigenvalue weighted by Crippen LogP contribution is -2.14. The summed E-state index contributed by atoms with van der Waals surface area (Å²) in [5, 5.41) is 31.8. The van der Waals surface area contributed by atoms with Crippen LogP contribution in [0.3, 0.4) is 0 Å². The Morgan fingerprint density at radius 3 is 1.63 bits per heavy atom. The van der Waals surface area contributed by atoms with Gasteiger partial charge in [-0.1, -0.05) is 30.3 Å². The van der Waals surface area contributed by atoms with Gasteiger partial charge in [-0.05, 0) is 93.1 Å². The van der Waals surface area contributed by atoms with Crippen LogP contribution < -0.4 is 9.64 Å². The van der Waals surface area contributed by atoms with Crippen molar-refractivity contribution in [3.63, 3.8) is 0 Å². The predicted octanol–water partition coefficient (Wildman–Crippen LogP) is 7.92. The monoisotopic (exact) mass is 469 g/mol. The summed E-state index contributed by atoms with van der Waals surface area (Å²) in [5.41, 5.74) is 7.41. The minimum absolute atomic E-state index is 0.0668. The van der Waals surface area contributed by atoms with E-state index in [-0.39, 0.29) is 17.2 Å². The maximum Gasteiger partial charge on any atom is 0.172 e. The van der Waals surface area contributed by atoms with Gasteiger partial charge < -0.3 is 25.0 Å². The lowest BCUT2D eigenvalue weighted by molar-refractivity contribution is 0.409. The number of nitrogens with zero attached hydrogens (tertiary/aromatic N) is 1. The first-order chi connectivity index (χ1) is 16.6. The summed E-state index contributed by atoms with van der Waals surface area (Å²) in [6, 6.07) is 18.5. The minimum atomic E-state index is 0.0668. The van der Waals surface area contributed by atoms with Gasteiger partial charge in [0.05, 0.1) is 17.1 Å². The maximum atomic E-state index is 10.6. The van der Waals surface area contributed by atoms with Crippen molar-refractivity contribution < 1.29 is 20.1 Å². The number of aryl methyl sites for hydroxylation is 6. The Morgan fingerprint density at radius 2 is 1.09 bits per heavy atom. The number of para-hydroxylation sites is 2. The maximum absolute atomic E-state index is 10.6. The molecule has 35 heavy (non-hydrogen) atoms. The molecule has 4 rings (SSSR count). The second kappa shape index (κ2) is 9.26. The van der Waals surface area contributed by atoms with Crippen molar-refractivity contribution in [2.45, 2.75) is 41.5 Å². The highest BCUT2D eigenvalue weighted by atomic mass is 16.5. The lowest BCUT2D eigenvalue weighted by Gasteiger charge is -2.30.